The minimum absolute atomic E-state index is 0.510. The van der Waals surface area contributed by atoms with Crippen LogP contribution in [-0.4, -0.2) is 12.1 Å². The molecule has 0 aromatic carbocycles. The van der Waals surface area contributed by atoms with E-state index in [9.17, 15) is 0 Å². The van der Waals surface area contributed by atoms with Crippen LogP contribution in [0.1, 0.15) is 33.6 Å². The molecular formula is C8H17N. The van der Waals surface area contributed by atoms with Crippen molar-refractivity contribution in [1.29, 1.82) is 0 Å². The normalized spacial score (nSPS) is 41.0. The number of hydrogen-bond acceptors (Lipinski definition) is 1. The average molecular weight is 127 g/mol. The van der Waals surface area contributed by atoms with E-state index in [2.05, 4.69) is 26.1 Å². The van der Waals surface area contributed by atoms with Gasteiger partial charge in [0.2, 0.25) is 0 Å². The van der Waals surface area contributed by atoms with E-state index >= 15 is 0 Å². The van der Waals surface area contributed by atoms with Crippen molar-refractivity contribution < 1.29 is 0 Å². The molecule has 0 amide bonds. The van der Waals surface area contributed by atoms with Gasteiger partial charge >= 0.3 is 0 Å². The molecular weight excluding hydrogens is 110 g/mol. The van der Waals surface area contributed by atoms with Crippen LogP contribution in [0.15, 0.2) is 0 Å². The largest absolute Gasteiger partial charge is 0.311 e. The van der Waals surface area contributed by atoms with E-state index in [1.54, 1.807) is 0 Å². The van der Waals surface area contributed by atoms with Crippen molar-refractivity contribution in [2.75, 3.05) is 6.54 Å². The van der Waals surface area contributed by atoms with Crippen molar-refractivity contribution in [3.8, 4) is 0 Å². The Balaban J connectivity index is 2.13. The van der Waals surface area contributed by atoms with Crippen LogP contribution in [0.25, 0.3) is 0 Å². The van der Waals surface area contributed by atoms with Crippen molar-refractivity contribution in [3.05, 3.63) is 0 Å². The summed E-state index contributed by atoms with van der Waals surface area (Å²) in [7, 11) is 0. The molecule has 1 fully saturated rings. The van der Waals surface area contributed by atoms with Gasteiger partial charge in [0.05, 0.1) is 0 Å². The predicted molar refractivity (Wildman–Crippen MR) is 40.5 cm³/mol. The van der Waals surface area contributed by atoms with Crippen LogP contribution in [0.4, 0.5) is 0 Å². The zero-order chi connectivity index (χ0) is 6.91. The summed E-state index contributed by atoms with van der Waals surface area (Å²) in [5, 5.41) is 3.53. The molecule has 0 heterocycles. The SMILES string of the molecule is CCCNC1(C)CC1C. The molecule has 1 aliphatic rings. The first-order chi connectivity index (χ1) is 4.19. The van der Waals surface area contributed by atoms with Crippen molar-refractivity contribution in [3.63, 3.8) is 0 Å². The second-order valence-corrected chi connectivity index (χ2v) is 3.45. The Morgan fingerprint density at radius 2 is 2.22 bits per heavy atom. The predicted octanol–water partition coefficient (Wildman–Crippen LogP) is 1.78. The fourth-order valence-corrected chi connectivity index (χ4v) is 1.23. The lowest BCUT2D eigenvalue weighted by Crippen LogP contribution is -2.30. The van der Waals surface area contributed by atoms with E-state index < -0.39 is 0 Å². The lowest BCUT2D eigenvalue weighted by atomic mass is 10.2. The van der Waals surface area contributed by atoms with Crippen molar-refractivity contribution in [2.24, 2.45) is 5.92 Å². The molecule has 1 saturated carbocycles. The number of hydrogen-bond donors (Lipinski definition) is 1. The molecule has 1 rings (SSSR count). The zero-order valence-electron chi connectivity index (χ0n) is 6.70. The van der Waals surface area contributed by atoms with Crippen LogP contribution in [0.2, 0.25) is 0 Å². The number of nitrogens with one attached hydrogen (secondary N) is 1. The van der Waals surface area contributed by atoms with Crippen molar-refractivity contribution >= 4 is 0 Å². The molecule has 0 radical (unpaired) electrons. The lowest BCUT2D eigenvalue weighted by molar-refractivity contribution is 0.503. The molecule has 0 aromatic heterocycles. The van der Waals surface area contributed by atoms with Gasteiger partial charge in [-0.3, -0.25) is 0 Å². The maximum absolute atomic E-state index is 3.53. The minimum atomic E-state index is 0.510. The molecule has 1 nitrogen and oxygen atoms in total. The summed E-state index contributed by atoms with van der Waals surface area (Å²) in [4.78, 5) is 0. The van der Waals surface area contributed by atoms with Gasteiger partial charge in [-0.1, -0.05) is 13.8 Å². The highest BCUT2D eigenvalue weighted by atomic mass is 15.0. The summed E-state index contributed by atoms with van der Waals surface area (Å²) < 4.78 is 0. The average Bonchev–Trinajstić information content (AvgIpc) is 2.38. The highest BCUT2D eigenvalue weighted by Gasteiger charge is 2.45. The van der Waals surface area contributed by atoms with Crippen molar-refractivity contribution in [2.45, 2.75) is 39.2 Å². The van der Waals surface area contributed by atoms with Gasteiger partial charge in [-0.15, -0.1) is 0 Å². The smallest absolute Gasteiger partial charge is 0.0182 e. The Morgan fingerprint density at radius 1 is 1.67 bits per heavy atom. The highest BCUT2D eigenvalue weighted by Crippen LogP contribution is 2.41. The quantitative estimate of drug-likeness (QED) is 0.609. The molecule has 0 bridgehead atoms. The molecule has 1 N–H and O–H groups in total. The van der Waals surface area contributed by atoms with Gasteiger partial charge in [0.1, 0.15) is 0 Å². The summed E-state index contributed by atoms with van der Waals surface area (Å²) in [5.41, 5.74) is 0.510. The molecule has 54 valence electrons. The van der Waals surface area contributed by atoms with Gasteiger partial charge in [0.15, 0.2) is 0 Å². The van der Waals surface area contributed by atoms with E-state index in [4.69, 9.17) is 0 Å². The first-order valence-corrected chi connectivity index (χ1v) is 3.94. The monoisotopic (exact) mass is 127 g/mol. The standard InChI is InChI=1S/C8H17N/c1-4-5-9-8(3)6-7(8)2/h7,9H,4-6H2,1-3H3. The Hall–Kier alpha value is -0.0400. The third-order valence-corrected chi connectivity index (χ3v) is 2.44. The van der Waals surface area contributed by atoms with E-state index in [0.29, 0.717) is 5.54 Å². The molecule has 9 heavy (non-hydrogen) atoms. The van der Waals surface area contributed by atoms with Crippen molar-refractivity contribution in [1.82, 2.24) is 5.32 Å². The second kappa shape index (κ2) is 2.30. The summed E-state index contributed by atoms with van der Waals surface area (Å²) >= 11 is 0. The second-order valence-electron chi connectivity index (χ2n) is 3.45. The maximum Gasteiger partial charge on any atom is 0.0182 e. The molecule has 0 saturated heterocycles. The zero-order valence-corrected chi connectivity index (χ0v) is 6.70. The first-order valence-electron chi connectivity index (χ1n) is 3.94. The van der Waals surface area contributed by atoms with Gasteiger partial charge in [-0.05, 0) is 32.2 Å². The van der Waals surface area contributed by atoms with Crippen LogP contribution >= 0.6 is 0 Å². The van der Waals surface area contributed by atoms with E-state index in [-0.39, 0.29) is 0 Å². The third kappa shape index (κ3) is 1.45. The highest BCUT2D eigenvalue weighted by molar-refractivity contribution is 5.03. The molecule has 1 heteroatoms. The minimum Gasteiger partial charge on any atom is -0.311 e. The summed E-state index contributed by atoms with van der Waals surface area (Å²) in [6.45, 7) is 8.01. The first kappa shape index (κ1) is 7.07. The van der Waals surface area contributed by atoms with Gasteiger partial charge < -0.3 is 5.32 Å². The molecule has 1 aliphatic carbocycles. The van der Waals surface area contributed by atoms with Crippen LogP contribution in [0.3, 0.4) is 0 Å². The Morgan fingerprint density at radius 3 is 2.56 bits per heavy atom. The fourth-order valence-electron chi connectivity index (χ4n) is 1.23. The summed E-state index contributed by atoms with van der Waals surface area (Å²) in [6.07, 6.45) is 2.62. The maximum atomic E-state index is 3.53. The van der Waals surface area contributed by atoms with Crippen LogP contribution < -0.4 is 5.32 Å². The molecule has 2 atom stereocenters. The van der Waals surface area contributed by atoms with Gasteiger partial charge in [-0.2, -0.15) is 0 Å². The van der Waals surface area contributed by atoms with E-state index in [1.807, 2.05) is 0 Å². The van der Waals surface area contributed by atoms with Gasteiger partial charge in [0.25, 0.3) is 0 Å². The Labute approximate surface area is 57.8 Å². The van der Waals surface area contributed by atoms with Gasteiger partial charge in [0, 0.05) is 5.54 Å². The molecule has 0 aliphatic heterocycles. The van der Waals surface area contributed by atoms with Gasteiger partial charge in [-0.25, -0.2) is 0 Å². The lowest BCUT2D eigenvalue weighted by Gasteiger charge is -2.10. The molecule has 0 spiro atoms. The third-order valence-electron chi connectivity index (χ3n) is 2.44. The number of rotatable bonds is 3. The topological polar surface area (TPSA) is 12.0 Å². The summed E-state index contributed by atoms with van der Waals surface area (Å²) in [6, 6.07) is 0. The van der Waals surface area contributed by atoms with E-state index in [0.717, 1.165) is 5.92 Å². The molecule has 0 aromatic rings. The Bertz CT molecular complexity index is 101. The fraction of sp³-hybridized carbons (Fsp3) is 1.00. The summed E-state index contributed by atoms with van der Waals surface area (Å²) in [5.74, 6) is 0.907. The van der Waals surface area contributed by atoms with Crippen LogP contribution in [-0.2, 0) is 0 Å². The van der Waals surface area contributed by atoms with Crippen LogP contribution in [0, 0.1) is 5.92 Å². The Kier molecular flexibility index (Phi) is 1.80. The van der Waals surface area contributed by atoms with E-state index in [1.165, 1.54) is 19.4 Å². The molecule has 2 unspecified atom stereocenters. The van der Waals surface area contributed by atoms with Crippen LogP contribution in [0.5, 0.6) is 0 Å².